The highest BCUT2D eigenvalue weighted by Crippen LogP contribution is 2.69. The third kappa shape index (κ3) is 6.57. The fourth-order valence-electron chi connectivity index (χ4n) is 10.6. The number of rotatable bonds is 8. The molecule has 0 radical (unpaired) electrons. The smallest absolute Gasteiger partial charge is 0.406 e. The highest BCUT2D eigenvalue weighted by atomic mass is 32.2. The molecule has 0 heterocycles. The molecule has 4 aliphatic rings. The third-order valence-corrected chi connectivity index (χ3v) is 13.9. The van der Waals surface area contributed by atoms with Gasteiger partial charge in [-0.2, -0.15) is 0 Å². The molecule has 4 saturated carbocycles. The number of hydrogen-bond acceptors (Lipinski definition) is 6. The van der Waals surface area contributed by atoms with Crippen molar-refractivity contribution in [2.75, 3.05) is 6.54 Å². The quantitative estimate of drug-likeness (QED) is 0.263. The first-order valence-corrected chi connectivity index (χ1v) is 18.0. The first kappa shape index (κ1) is 34.3. The molecule has 4 fully saturated rings. The Hall–Kier alpha value is -2.05. The number of fused-ring (bicyclic) bond motifs is 5. The summed E-state index contributed by atoms with van der Waals surface area (Å²) >= 11 is 0. The van der Waals surface area contributed by atoms with E-state index >= 15 is 0 Å². The molecule has 0 aromatic heterocycles. The molecule has 0 saturated heterocycles. The number of hydrogen-bond donors (Lipinski definition) is 4. The van der Waals surface area contributed by atoms with Crippen LogP contribution in [0.1, 0.15) is 85.5 Å². The van der Waals surface area contributed by atoms with E-state index in [1.807, 2.05) is 4.72 Å². The van der Waals surface area contributed by atoms with Crippen LogP contribution in [0.15, 0.2) is 29.2 Å². The molecular weight excluding hydrogens is 609 g/mol. The lowest BCUT2D eigenvalue weighted by atomic mass is 9.41. The molecule has 0 unspecified atom stereocenters. The predicted molar refractivity (Wildman–Crippen MR) is 162 cm³/mol. The van der Waals surface area contributed by atoms with Crippen molar-refractivity contribution >= 4 is 16.1 Å². The normalized spacial score (nSPS) is 38.8. The van der Waals surface area contributed by atoms with Gasteiger partial charge >= 0.3 is 12.4 Å². The number of aliphatic hydroxyl groups is 2. The van der Waals surface area contributed by atoms with E-state index < -0.39 is 33.1 Å². The van der Waals surface area contributed by atoms with Gasteiger partial charge in [-0.3, -0.25) is 0 Å². The van der Waals surface area contributed by atoms with E-state index in [-0.39, 0.29) is 47.3 Å². The number of aliphatic hydroxyl groups excluding tert-OH is 2. The average molecular weight is 659 g/mol. The summed E-state index contributed by atoms with van der Waals surface area (Å²) in [6.07, 6.45) is 2.86. The fourth-order valence-corrected chi connectivity index (χ4v) is 11.6. The topological polar surface area (TPSA) is 125 Å². The lowest BCUT2D eigenvalue weighted by Crippen LogP contribution is -2.62. The van der Waals surface area contributed by atoms with Crippen LogP contribution in [0.3, 0.4) is 0 Å². The number of benzene rings is 1. The van der Waals surface area contributed by atoms with Crippen molar-refractivity contribution in [2.24, 2.45) is 52.3 Å². The van der Waals surface area contributed by atoms with Crippen LogP contribution in [0.25, 0.3) is 0 Å². The summed E-state index contributed by atoms with van der Waals surface area (Å²) in [7, 11) is -4.42. The van der Waals surface area contributed by atoms with Crippen LogP contribution in [0.4, 0.5) is 18.0 Å². The summed E-state index contributed by atoms with van der Waals surface area (Å²) in [6, 6.07) is 2.92. The fraction of sp³-hybridized carbons (Fsp3) is 0.788. The molecule has 2 amide bonds. The summed E-state index contributed by atoms with van der Waals surface area (Å²) in [6.45, 7) is 9.41. The van der Waals surface area contributed by atoms with E-state index in [4.69, 9.17) is 0 Å². The molecule has 0 bridgehead atoms. The van der Waals surface area contributed by atoms with Gasteiger partial charge < -0.3 is 20.3 Å². The number of carbonyl (C=O) groups excluding carboxylic acids is 1. The summed E-state index contributed by atoms with van der Waals surface area (Å²) < 4.78 is 68.6. The van der Waals surface area contributed by atoms with Crippen molar-refractivity contribution in [2.45, 2.75) is 109 Å². The van der Waals surface area contributed by atoms with Crippen LogP contribution in [-0.2, 0) is 10.0 Å². The van der Waals surface area contributed by atoms with Gasteiger partial charge in [0.25, 0.3) is 10.0 Å². The monoisotopic (exact) mass is 658 g/mol. The second-order valence-corrected chi connectivity index (χ2v) is 16.5. The molecule has 4 aliphatic carbocycles. The Balaban J connectivity index is 1.19. The van der Waals surface area contributed by atoms with Gasteiger partial charge in [-0.25, -0.2) is 17.9 Å². The van der Waals surface area contributed by atoms with E-state index in [1.54, 1.807) is 0 Å². The van der Waals surface area contributed by atoms with Crippen molar-refractivity contribution in [1.82, 2.24) is 10.0 Å². The van der Waals surface area contributed by atoms with Gasteiger partial charge in [0, 0.05) is 12.6 Å². The first-order valence-electron chi connectivity index (χ1n) is 16.5. The van der Waals surface area contributed by atoms with Gasteiger partial charge in [0.1, 0.15) is 5.75 Å². The molecule has 8 nitrogen and oxygen atoms in total. The van der Waals surface area contributed by atoms with Gasteiger partial charge in [0.2, 0.25) is 0 Å². The molecular formula is C33H49F3N2O6S. The highest BCUT2D eigenvalue weighted by molar-refractivity contribution is 7.90. The second kappa shape index (κ2) is 12.5. The number of nitrogens with one attached hydrogen (secondary N) is 2. The maximum atomic E-state index is 12.6. The van der Waals surface area contributed by atoms with Crippen LogP contribution in [0.5, 0.6) is 5.75 Å². The lowest BCUT2D eigenvalue weighted by Gasteiger charge is -2.64. The second-order valence-electron chi connectivity index (χ2n) is 14.8. The highest BCUT2D eigenvalue weighted by Gasteiger charge is 2.64. The van der Waals surface area contributed by atoms with E-state index in [9.17, 15) is 36.6 Å². The SMILES string of the molecule is CC[C@H]1[C@@H](O)[C@@H]2[C@H](CC[C@]3(C)[C@@H]([C@H](C)CCNC(=O)NS(=O)(=O)c4cccc(OC(F)(F)F)c4)CC[C@@H]23)[C@@]2(C)CC[C@@H](O)C[C@@H]12. The molecule has 0 spiro atoms. The molecule has 5 rings (SSSR count). The van der Waals surface area contributed by atoms with Crippen LogP contribution in [0.2, 0.25) is 0 Å². The van der Waals surface area contributed by atoms with Gasteiger partial charge in [-0.1, -0.05) is 40.2 Å². The van der Waals surface area contributed by atoms with Crippen LogP contribution in [-0.4, -0.2) is 49.8 Å². The molecule has 254 valence electrons. The number of halogens is 3. The molecule has 11 atom stereocenters. The Morgan fingerprint density at radius 3 is 2.44 bits per heavy atom. The minimum Gasteiger partial charge on any atom is -0.406 e. The average Bonchev–Trinajstić information content (AvgIpc) is 3.30. The zero-order chi connectivity index (χ0) is 32.9. The van der Waals surface area contributed by atoms with Gasteiger partial charge in [-0.05, 0) is 116 Å². The Kier molecular flexibility index (Phi) is 9.54. The first-order chi connectivity index (χ1) is 21.0. The van der Waals surface area contributed by atoms with Crippen molar-refractivity contribution in [1.29, 1.82) is 0 Å². The minimum atomic E-state index is -4.98. The van der Waals surface area contributed by atoms with Gasteiger partial charge in [0.05, 0.1) is 17.1 Å². The molecule has 4 N–H and O–H groups in total. The van der Waals surface area contributed by atoms with Crippen molar-refractivity contribution < 1.29 is 41.3 Å². The van der Waals surface area contributed by atoms with E-state index in [0.29, 0.717) is 36.2 Å². The lowest BCUT2D eigenvalue weighted by molar-refractivity contribution is -0.274. The standard InChI is InChI=1S/C33H49F3N2O6S/c1-5-23-27-17-20(39)11-14-32(27,4)26-12-15-31(3)24(9-10-25(31)28(26)29(23)40)19(2)13-16-37-30(41)38-45(42,43)22-8-6-7-21(18-22)44-33(34,35)36/h6-8,18-20,23-29,39-40H,5,9-17H2,1-4H3,(H2,37,38,41)/t19-,20-,23-,24-,25+,26+,27+,28+,29-,31-,32-/m1/s1. The van der Waals surface area contributed by atoms with Gasteiger partial charge in [0.15, 0.2) is 0 Å². The van der Waals surface area contributed by atoms with Crippen LogP contribution in [0, 0.1) is 52.3 Å². The molecule has 1 aromatic carbocycles. The number of amides is 2. The summed E-state index contributed by atoms with van der Waals surface area (Å²) in [5.41, 5.74) is 0.200. The van der Waals surface area contributed by atoms with Crippen LogP contribution >= 0.6 is 0 Å². The maximum absolute atomic E-state index is 12.6. The van der Waals surface area contributed by atoms with E-state index in [0.717, 1.165) is 69.6 Å². The number of alkyl halides is 3. The maximum Gasteiger partial charge on any atom is 0.573 e. The number of urea groups is 1. The molecule has 0 aliphatic heterocycles. The van der Waals surface area contributed by atoms with E-state index in [1.165, 1.54) is 0 Å². The van der Waals surface area contributed by atoms with Gasteiger partial charge in [-0.15, -0.1) is 13.2 Å². The van der Waals surface area contributed by atoms with Crippen molar-refractivity contribution in [3.63, 3.8) is 0 Å². The van der Waals surface area contributed by atoms with Crippen molar-refractivity contribution in [3.05, 3.63) is 24.3 Å². The van der Waals surface area contributed by atoms with E-state index in [2.05, 4.69) is 37.7 Å². The Labute approximate surface area is 264 Å². The predicted octanol–water partition coefficient (Wildman–Crippen LogP) is 6.23. The summed E-state index contributed by atoms with van der Waals surface area (Å²) in [5, 5.41) is 25.0. The number of carbonyl (C=O) groups is 1. The Morgan fingerprint density at radius 1 is 1.07 bits per heavy atom. The van der Waals surface area contributed by atoms with Crippen LogP contribution < -0.4 is 14.8 Å². The number of ether oxygens (including phenoxy) is 1. The zero-order valence-corrected chi connectivity index (χ0v) is 27.5. The summed E-state index contributed by atoms with van der Waals surface area (Å²) in [5.74, 6) is 1.61. The minimum absolute atomic E-state index is 0.0618. The largest absolute Gasteiger partial charge is 0.573 e. The third-order valence-electron chi connectivity index (χ3n) is 12.6. The Bertz CT molecular complexity index is 1340. The molecule has 1 aromatic rings. The molecule has 12 heteroatoms. The zero-order valence-electron chi connectivity index (χ0n) is 26.6. The Morgan fingerprint density at radius 2 is 1.76 bits per heavy atom. The van der Waals surface area contributed by atoms with Crippen molar-refractivity contribution in [3.8, 4) is 5.75 Å². The number of sulfonamides is 1. The summed E-state index contributed by atoms with van der Waals surface area (Å²) in [4.78, 5) is 12.0. The molecule has 45 heavy (non-hydrogen) atoms.